The molecule has 10 aromatic carbocycles. The van der Waals surface area contributed by atoms with Crippen LogP contribution in [0.4, 0.5) is 0 Å². The van der Waals surface area contributed by atoms with Crippen molar-refractivity contribution >= 4 is 98.3 Å². The molecule has 0 atom stereocenters. The van der Waals surface area contributed by atoms with Crippen molar-refractivity contribution < 1.29 is 4.42 Å². The van der Waals surface area contributed by atoms with Gasteiger partial charge < -0.3 is 22.7 Å². The lowest BCUT2D eigenvalue weighted by Crippen LogP contribution is -2.16. The van der Waals surface area contributed by atoms with E-state index < -0.39 is 0 Å². The molecular formula is C72H52N6O. The van der Waals surface area contributed by atoms with E-state index in [4.69, 9.17) is 14.4 Å². The summed E-state index contributed by atoms with van der Waals surface area (Å²) < 4.78 is 17.6. The molecule has 7 heteroatoms. The molecule has 16 aromatic rings. The van der Waals surface area contributed by atoms with Gasteiger partial charge in [-0.15, -0.1) is 0 Å². The van der Waals surface area contributed by atoms with Crippen molar-refractivity contribution in [1.29, 1.82) is 0 Å². The number of nitrogens with zero attached hydrogens (tertiary/aromatic N) is 6. The summed E-state index contributed by atoms with van der Waals surface area (Å²) in [6, 6.07) is 76.1. The molecule has 0 fully saturated rings. The maximum Gasteiger partial charge on any atom is 0.231 e. The highest BCUT2D eigenvalue weighted by atomic mass is 16.3. The number of pyridine rings is 1. The second-order valence-electron chi connectivity index (χ2n) is 21.8. The molecule has 0 aliphatic rings. The largest absolute Gasteiger partial charge is 0.436 e. The van der Waals surface area contributed by atoms with Gasteiger partial charge in [0.1, 0.15) is 5.52 Å². The van der Waals surface area contributed by atoms with E-state index in [-0.39, 0.29) is 0 Å². The average molecular weight is 1020 g/mol. The van der Waals surface area contributed by atoms with Crippen LogP contribution in [-0.4, -0.2) is 28.2 Å². The standard InChI is InChI=1S/C72H52N6O/c1-41-27-31-61-52(35-41)48-17-7-12-22-57(48)75(61)68-66(47-39-45(5)73-46(6)40-47)69(76-58-23-13-8-18-49(58)53-36-42(2)28-32-62(53)76)71(78-60-25-15-10-20-51(60)55-38-44(4)30-34-64(55)78)70(67(68)72-74-56-21-11-16-26-65(56)79-72)77-59-24-14-9-19-50(59)54-37-43(3)29-33-63(54)77/h7-40H,1-6H3. The normalized spacial score (nSPS) is 12.2. The summed E-state index contributed by atoms with van der Waals surface area (Å²) in [7, 11) is 0. The monoisotopic (exact) mass is 1020 g/mol. The molecular weight excluding hydrogens is 965 g/mol. The van der Waals surface area contributed by atoms with Crippen LogP contribution in [0.5, 0.6) is 0 Å². The molecule has 6 heterocycles. The zero-order valence-electron chi connectivity index (χ0n) is 44.7. The fraction of sp³-hybridized carbons (Fsp3) is 0.0833. The van der Waals surface area contributed by atoms with Gasteiger partial charge in [0.15, 0.2) is 5.58 Å². The van der Waals surface area contributed by atoms with Gasteiger partial charge >= 0.3 is 0 Å². The topological polar surface area (TPSA) is 58.6 Å². The minimum absolute atomic E-state index is 0.508. The van der Waals surface area contributed by atoms with Gasteiger partial charge in [-0.3, -0.25) is 4.98 Å². The molecule has 0 unspecified atom stereocenters. The van der Waals surface area contributed by atoms with Crippen LogP contribution in [0.15, 0.2) is 211 Å². The molecule has 0 saturated heterocycles. The predicted octanol–water partition coefficient (Wildman–Crippen LogP) is 18.8. The molecule has 0 N–H and O–H groups in total. The lowest BCUT2D eigenvalue weighted by molar-refractivity contribution is 0.619. The van der Waals surface area contributed by atoms with Crippen LogP contribution < -0.4 is 0 Å². The van der Waals surface area contributed by atoms with Gasteiger partial charge in [-0.2, -0.15) is 0 Å². The van der Waals surface area contributed by atoms with E-state index in [0.29, 0.717) is 11.5 Å². The Morgan fingerprint density at radius 3 is 1.05 bits per heavy atom. The number of hydrogen-bond donors (Lipinski definition) is 0. The molecule has 376 valence electrons. The number of fused-ring (bicyclic) bond motifs is 13. The first-order valence-corrected chi connectivity index (χ1v) is 27.2. The Bertz CT molecular complexity index is 5230. The van der Waals surface area contributed by atoms with Gasteiger partial charge in [0, 0.05) is 60.0 Å². The van der Waals surface area contributed by atoms with Crippen LogP contribution in [0.25, 0.3) is 144 Å². The first-order valence-electron chi connectivity index (χ1n) is 27.2. The lowest BCUT2D eigenvalue weighted by atomic mass is 9.92. The third kappa shape index (κ3) is 6.53. The summed E-state index contributed by atoms with van der Waals surface area (Å²) in [5.41, 5.74) is 23.4. The Morgan fingerprint density at radius 2 is 0.633 bits per heavy atom. The molecule has 0 saturated carbocycles. The zero-order valence-corrected chi connectivity index (χ0v) is 44.7. The fourth-order valence-corrected chi connectivity index (χ4v) is 13.3. The van der Waals surface area contributed by atoms with Crippen LogP contribution >= 0.6 is 0 Å². The summed E-state index contributed by atoms with van der Waals surface area (Å²) in [5, 5.41) is 9.32. The van der Waals surface area contributed by atoms with Crippen molar-refractivity contribution in [3.63, 3.8) is 0 Å². The number of benzene rings is 10. The van der Waals surface area contributed by atoms with E-state index in [1.807, 2.05) is 18.2 Å². The smallest absolute Gasteiger partial charge is 0.231 e. The van der Waals surface area contributed by atoms with Crippen LogP contribution in [0.1, 0.15) is 33.6 Å². The van der Waals surface area contributed by atoms with E-state index in [1.54, 1.807) is 0 Å². The number of aryl methyl sites for hydroxylation is 6. The third-order valence-electron chi connectivity index (χ3n) is 16.5. The van der Waals surface area contributed by atoms with Crippen molar-refractivity contribution in [3.8, 4) is 45.3 Å². The SMILES string of the molecule is Cc1ccc2c(c1)c1ccccc1n2-c1c(-c2cc(C)nc(C)c2)c(-n2c3ccccc3c3cc(C)ccc32)c(-n2c3ccccc3c3cc(C)ccc32)c(-n2c3ccccc3c3cc(C)ccc32)c1-c1nc2ccccc2o1. The molecule has 7 nitrogen and oxygen atoms in total. The first-order chi connectivity index (χ1) is 38.7. The van der Waals surface area contributed by atoms with Crippen molar-refractivity contribution in [2.24, 2.45) is 0 Å². The van der Waals surface area contributed by atoms with Gasteiger partial charge in [-0.25, -0.2) is 4.98 Å². The molecule has 0 aliphatic heterocycles. The minimum Gasteiger partial charge on any atom is -0.436 e. The number of hydrogen-bond acceptors (Lipinski definition) is 3. The fourth-order valence-electron chi connectivity index (χ4n) is 13.3. The summed E-state index contributed by atoms with van der Waals surface area (Å²) >= 11 is 0. The molecule has 0 spiro atoms. The van der Waals surface area contributed by atoms with Crippen LogP contribution in [0, 0.1) is 41.5 Å². The Morgan fingerprint density at radius 1 is 0.291 bits per heavy atom. The van der Waals surface area contributed by atoms with Gasteiger partial charge in [0.05, 0.1) is 72.4 Å². The van der Waals surface area contributed by atoms with E-state index in [0.717, 1.165) is 127 Å². The van der Waals surface area contributed by atoms with Crippen molar-refractivity contribution in [1.82, 2.24) is 28.2 Å². The summed E-state index contributed by atoms with van der Waals surface area (Å²) in [6.07, 6.45) is 0. The molecule has 6 aromatic heterocycles. The predicted molar refractivity (Wildman–Crippen MR) is 328 cm³/mol. The van der Waals surface area contributed by atoms with Gasteiger partial charge in [-0.05, 0) is 144 Å². The maximum atomic E-state index is 7.44. The van der Waals surface area contributed by atoms with Gasteiger partial charge in [-0.1, -0.05) is 131 Å². The zero-order chi connectivity index (χ0) is 52.9. The Hall–Kier alpha value is -9.98. The molecule has 0 bridgehead atoms. The van der Waals surface area contributed by atoms with Crippen LogP contribution in [0.3, 0.4) is 0 Å². The number of para-hydroxylation sites is 6. The van der Waals surface area contributed by atoms with E-state index in [2.05, 4.69) is 248 Å². The van der Waals surface area contributed by atoms with Gasteiger partial charge in [0.2, 0.25) is 5.89 Å². The van der Waals surface area contributed by atoms with Crippen LogP contribution in [-0.2, 0) is 0 Å². The van der Waals surface area contributed by atoms with Crippen molar-refractivity contribution in [2.75, 3.05) is 0 Å². The minimum atomic E-state index is 0.508. The van der Waals surface area contributed by atoms with Crippen molar-refractivity contribution in [2.45, 2.75) is 41.5 Å². The van der Waals surface area contributed by atoms with Crippen molar-refractivity contribution in [3.05, 3.63) is 240 Å². The Balaban J connectivity index is 1.32. The lowest BCUT2D eigenvalue weighted by Gasteiger charge is -2.30. The number of rotatable bonds is 6. The molecule has 79 heavy (non-hydrogen) atoms. The second-order valence-corrected chi connectivity index (χ2v) is 21.8. The highest BCUT2D eigenvalue weighted by Crippen LogP contribution is 2.55. The molecule has 0 amide bonds. The second kappa shape index (κ2) is 16.8. The quantitative estimate of drug-likeness (QED) is 0.167. The molecule has 0 radical (unpaired) electrons. The maximum absolute atomic E-state index is 7.44. The third-order valence-corrected chi connectivity index (χ3v) is 16.5. The Labute approximate surface area is 455 Å². The van der Waals surface area contributed by atoms with Gasteiger partial charge in [0.25, 0.3) is 0 Å². The highest BCUT2D eigenvalue weighted by Gasteiger charge is 2.37. The van der Waals surface area contributed by atoms with Crippen LogP contribution in [0.2, 0.25) is 0 Å². The van der Waals surface area contributed by atoms with E-state index >= 15 is 0 Å². The average Bonchev–Trinajstić information content (AvgIpc) is 3.03. The van der Waals surface area contributed by atoms with E-state index in [9.17, 15) is 0 Å². The number of oxazole rings is 1. The number of aromatic nitrogens is 6. The highest BCUT2D eigenvalue weighted by molar-refractivity contribution is 6.18. The molecule has 0 aliphatic carbocycles. The first kappa shape index (κ1) is 45.2. The summed E-state index contributed by atoms with van der Waals surface area (Å²) in [6.45, 7) is 13.0. The molecule has 16 rings (SSSR count). The summed E-state index contributed by atoms with van der Waals surface area (Å²) in [4.78, 5) is 10.8. The Kier molecular flexibility index (Phi) is 9.60. The summed E-state index contributed by atoms with van der Waals surface area (Å²) in [5.74, 6) is 0.508. The van der Waals surface area contributed by atoms with E-state index in [1.165, 1.54) is 38.4 Å².